The van der Waals surface area contributed by atoms with Gasteiger partial charge in [-0.05, 0) is 279 Å². The molecule has 0 aliphatic carbocycles. The summed E-state index contributed by atoms with van der Waals surface area (Å²) in [6, 6.07) is 77.6. The van der Waals surface area contributed by atoms with Crippen LogP contribution in [-0.2, 0) is 55.8 Å². The molecule has 0 N–H and O–H groups in total. The zero-order chi connectivity index (χ0) is 96.8. The molecule has 17 rings (SSSR count). The summed E-state index contributed by atoms with van der Waals surface area (Å²) in [4.78, 5) is 5.31. The van der Waals surface area contributed by atoms with Crippen molar-refractivity contribution in [3.05, 3.63) is 305 Å². The quantitative estimate of drug-likeness (QED) is 0.0951. The number of aromatic nitrogens is 2. The highest BCUT2D eigenvalue weighted by Gasteiger charge is 2.47. The van der Waals surface area contributed by atoms with E-state index >= 15 is 0 Å². The summed E-state index contributed by atoms with van der Waals surface area (Å²) in [5.41, 5.74) is 30.5. The molecule has 0 atom stereocenters. The molecule has 0 saturated carbocycles. The Labute approximate surface area is 767 Å². The molecule has 0 spiro atoms. The first-order chi connectivity index (χ1) is 62.3. The lowest BCUT2D eigenvalue weighted by atomic mass is 9.33. The lowest BCUT2D eigenvalue weighted by molar-refractivity contribution is 0.411. The summed E-state index contributed by atoms with van der Waals surface area (Å²) in [5, 5.41) is 2.47. The number of nitrogens with zero attached hydrogens (tertiary/aromatic N) is 4. The Bertz CT molecular complexity index is 6690. The van der Waals surface area contributed by atoms with Gasteiger partial charge < -0.3 is 18.9 Å². The molecule has 0 amide bonds. The Morgan fingerprint density at radius 1 is 0.254 bits per heavy atom. The molecule has 2 aliphatic heterocycles. The fraction of sp³-hybridized carbons (Fsp3) is 0.355. The molecule has 13 aromatic carbocycles. The average molecular weight is 1670 g/mol. The van der Waals surface area contributed by atoms with Crippen molar-refractivity contribution < 1.29 is 11.0 Å². The van der Waals surface area contributed by atoms with E-state index in [1.807, 2.05) is 0 Å². The van der Waals surface area contributed by atoms with E-state index in [0.29, 0.717) is 28.2 Å². The Kier molecular flexibility index (Phi) is 19.4. The Balaban J connectivity index is 1.12. The van der Waals surface area contributed by atoms with Crippen LogP contribution in [0.1, 0.15) is 248 Å². The molecule has 0 fully saturated rings. The maximum absolute atomic E-state index is 10.3. The van der Waals surface area contributed by atoms with Crippen molar-refractivity contribution in [2.45, 2.75) is 243 Å². The molecule has 644 valence electrons. The number of hydrogen-bond donors (Lipinski definition) is 0. The van der Waals surface area contributed by atoms with E-state index in [0.717, 1.165) is 183 Å². The van der Waals surface area contributed by atoms with Crippen LogP contribution in [0, 0.1) is 37.9 Å². The molecule has 0 radical (unpaired) electrons. The normalized spacial score (nSPS) is 14.6. The lowest BCUT2D eigenvalue weighted by Crippen LogP contribution is -2.61. The second-order valence-corrected chi connectivity index (χ2v) is 47.8. The molecular formula is C121H137BN4. The second-order valence-electron chi connectivity index (χ2n) is 47.8. The van der Waals surface area contributed by atoms with Crippen molar-refractivity contribution in [3.63, 3.8) is 0 Å². The average Bonchev–Trinajstić information content (AvgIpc) is 0.726. The first-order valence-electron chi connectivity index (χ1n) is 50.2. The molecule has 0 bridgehead atoms. The van der Waals surface area contributed by atoms with Crippen molar-refractivity contribution in [1.82, 2.24) is 9.13 Å². The van der Waals surface area contributed by atoms with Gasteiger partial charge >= 0.3 is 0 Å². The van der Waals surface area contributed by atoms with Crippen LogP contribution in [0.15, 0.2) is 255 Å². The van der Waals surface area contributed by atoms with Crippen molar-refractivity contribution in [1.29, 1.82) is 0 Å². The van der Waals surface area contributed by atoms with E-state index in [4.69, 9.17) is 0 Å². The van der Waals surface area contributed by atoms with E-state index in [1.54, 1.807) is 0 Å². The Morgan fingerprint density at radius 2 is 0.540 bits per heavy atom. The lowest BCUT2D eigenvalue weighted by Gasteiger charge is -2.46. The summed E-state index contributed by atoms with van der Waals surface area (Å²) in [6.07, 6.45) is 5.53. The summed E-state index contributed by atoms with van der Waals surface area (Å²) in [5.74, 6) is 0. The van der Waals surface area contributed by atoms with Gasteiger partial charge in [0, 0.05) is 77.9 Å². The highest BCUT2D eigenvalue weighted by atomic mass is 15.2. The van der Waals surface area contributed by atoms with Gasteiger partial charge in [0.25, 0.3) is 6.71 Å². The SMILES string of the molecule is [2H]c1c([2H])c([2H])c2c(c1[2H])c1cc(CC(C)(C)C)ccc1n2-c1ccc2c(c1)N(c1c(-c3cccc(CC(C)(C)C)c3)cc(C(C)(C)C)cc1-c1cccc(CC(C)(C)C)c1)c1cc(CC(C)(C)C)cc3c1B2c1ccc(-n2c4ccc(CC(C)(C)C)cc4c4c([2H])c([2H])c([2H])c([2H])c42)cc1N3c1c(-c2cccc(CC(C)(C)C)c2)cc(C(C)(C)C)cc1-c1cccc(CC(C)(C)C)c1. The summed E-state index contributed by atoms with van der Waals surface area (Å²) in [6.45, 7) is 61.9. The van der Waals surface area contributed by atoms with E-state index in [2.05, 4.69) is 412 Å². The van der Waals surface area contributed by atoms with Crippen molar-refractivity contribution in [2.75, 3.05) is 9.80 Å². The number of para-hydroxylation sites is 2. The van der Waals surface area contributed by atoms with Crippen molar-refractivity contribution in [3.8, 4) is 55.9 Å². The molecule has 0 saturated heterocycles. The largest absolute Gasteiger partial charge is 0.310 e. The minimum absolute atomic E-state index is 0.0475. The minimum Gasteiger partial charge on any atom is -0.310 e. The minimum atomic E-state index is -0.535. The molecule has 5 heteroatoms. The van der Waals surface area contributed by atoms with Gasteiger partial charge in [0.2, 0.25) is 0 Å². The molecule has 15 aromatic rings. The van der Waals surface area contributed by atoms with Gasteiger partial charge in [-0.2, -0.15) is 0 Å². The van der Waals surface area contributed by atoms with Gasteiger partial charge in [0.1, 0.15) is 0 Å². The monoisotopic (exact) mass is 1670 g/mol. The smallest absolute Gasteiger partial charge is 0.252 e. The van der Waals surface area contributed by atoms with Crippen molar-refractivity contribution >= 4 is 101 Å². The van der Waals surface area contributed by atoms with Crippen LogP contribution in [0.25, 0.3) is 99.5 Å². The predicted molar refractivity (Wildman–Crippen MR) is 550 cm³/mol. The summed E-state index contributed by atoms with van der Waals surface area (Å²) < 4.78 is 83.0. The zero-order valence-electron chi connectivity index (χ0n) is 88.4. The molecule has 4 nitrogen and oxygen atoms in total. The number of anilines is 6. The van der Waals surface area contributed by atoms with Gasteiger partial charge in [0.05, 0.1) is 44.4 Å². The van der Waals surface area contributed by atoms with Gasteiger partial charge in [-0.3, -0.25) is 0 Å². The van der Waals surface area contributed by atoms with E-state index in [-0.39, 0.29) is 97.1 Å². The second kappa shape index (κ2) is 31.6. The first kappa shape index (κ1) is 77.5. The van der Waals surface area contributed by atoms with Gasteiger partial charge in [0.15, 0.2) is 0 Å². The molecule has 4 heterocycles. The fourth-order valence-electron chi connectivity index (χ4n) is 20.4. The predicted octanol–water partition coefficient (Wildman–Crippen LogP) is 32.3. The van der Waals surface area contributed by atoms with E-state index in [9.17, 15) is 11.0 Å². The molecule has 0 unspecified atom stereocenters. The van der Waals surface area contributed by atoms with E-state index in [1.165, 1.54) is 33.4 Å². The van der Waals surface area contributed by atoms with Crippen LogP contribution in [0.5, 0.6) is 0 Å². The van der Waals surface area contributed by atoms with Gasteiger partial charge in [-0.25, -0.2) is 0 Å². The number of fused-ring (bicyclic) bond motifs is 10. The van der Waals surface area contributed by atoms with Crippen LogP contribution in [-0.4, -0.2) is 15.8 Å². The van der Waals surface area contributed by atoms with Crippen molar-refractivity contribution in [2.24, 2.45) is 37.9 Å². The first-order valence-corrected chi connectivity index (χ1v) is 46.2. The van der Waals surface area contributed by atoms with Crippen LogP contribution >= 0.6 is 0 Å². The van der Waals surface area contributed by atoms with Crippen LogP contribution in [0.2, 0.25) is 0 Å². The summed E-state index contributed by atoms with van der Waals surface area (Å²) >= 11 is 0. The molecule has 2 aliphatic rings. The third-order valence-electron chi connectivity index (χ3n) is 25.0. The molecular weight excluding hydrogens is 1520 g/mol. The van der Waals surface area contributed by atoms with Gasteiger partial charge in [-0.15, -0.1) is 0 Å². The topological polar surface area (TPSA) is 16.3 Å². The fourth-order valence-corrected chi connectivity index (χ4v) is 20.4. The highest BCUT2D eigenvalue weighted by Crippen LogP contribution is 2.57. The van der Waals surface area contributed by atoms with Crippen LogP contribution in [0.4, 0.5) is 34.1 Å². The Hall–Kier alpha value is -10.9. The maximum Gasteiger partial charge on any atom is 0.252 e. The van der Waals surface area contributed by atoms with Crippen LogP contribution < -0.4 is 26.2 Å². The Morgan fingerprint density at radius 3 is 0.833 bits per heavy atom. The third-order valence-corrected chi connectivity index (χ3v) is 25.0. The van der Waals surface area contributed by atoms with Crippen LogP contribution in [0.3, 0.4) is 0 Å². The standard InChI is InChI=1S/C121H137BN4/c1-113(2,3)70-77-36-32-40-84(56-77)94-64-88(120(22,23)24)65-95(85-41-33-37-78(57-85)71-114(4,5)6)111(94)125-106-68-90(123-102-46-30-28-44-92(102)98-60-81(48-54-104(98)123)74-117(13,14)15)50-52-100(106)122-101-53-51-91(124-103-47-31-29-45-93(103)99-61-82(49-55-105(99)124)75-118(16,17)18)69-107(101)126(109-63-83(76-119(19,20)21)62-108(125)110(109)122)112-96(86-42-34-38-79(58-86)72-115(7,8)9)66-89(121(25,26)27)67-97(112)87-43-35-39-80(59-87)73-116(10,11)12/h28-69H,70-76H2,1-27H3/i28D,29D,30D,31D,44D,45D,46D,47D. The highest BCUT2D eigenvalue weighted by molar-refractivity contribution is 7.00. The summed E-state index contributed by atoms with van der Waals surface area (Å²) in [7, 11) is 0. The number of hydrogen-bond acceptors (Lipinski definition) is 2. The zero-order valence-corrected chi connectivity index (χ0v) is 80.4. The third kappa shape index (κ3) is 17.9. The maximum atomic E-state index is 10.3. The number of benzene rings is 13. The van der Waals surface area contributed by atoms with Gasteiger partial charge in [-0.1, -0.05) is 345 Å². The number of rotatable bonds is 15. The molecule has 2 aromatic heterocycles. The molecule has 126 heavy (non-hydrogen) atoms. The van der Waals surface area contributed by atoms with E-state index < -0.39 is 6.71 Å².